The van der Waals surface area contributed by atoms with Crippen LogP contribution in [0.15, 0.2) is 24.5 Å². The molecule has 0 rings (SSSR count). The number of aliphatic hydroxyl groups is 2. The molecule has 0 amide bonds. The Hall–Kier alpha value is -0.580. The monoisotopic (exact) mass is 250 g/mol. The van der Waals surface area contributed by atoms with E-state index in [1.807, 2.05) is 0 Å². The lowest BCUT2D eigenvalue weighted by Crippen LogP contribution is -2.23. The maximum absolute atomic E-state index is 9.60. The Morgan fingerprint density at radius 2 is 1.88 bits per heavy atom. The average Bonchev–Trinajstić information content (AvgIpc) is 2.12. The summed E-state index contributed by atoms with van der Waals surface area (Å²) in [6, 6.07) is 0. The second-order valence-electron chi connectivity index (χ2n) is 3.76. The highest BCUT2D eigenvalue weighted by molar-refractivity contribution is 7.57. The van der Waals surface area contributed by atoms with Gasteiger partial charge in [-0.05, 0) is 24.2 Å². The second-order valence-corrected chi connectivity index (χ2v) is 5.35. The quantitative estimate of drug-likeness (QED) is 0.309. The number of hydrogen-bond donors (Lipinski definition) is 4. The van der Waals surface area contributed by atoms with Crippen LogP contribution in [0.5, 0.6) is 0 Å². The normalized spacial score (nSPS) is 15.5. The van der Waals surface area contributed by atoms with Crippen molar-refractivity contribution in [2.45, 2.75) is 19.4 Å². The van der Waals surface area contributed by atoms with Crippen LogP contribution in [0.2, 0.25) is 0 Å². The minimum absolute atomic E-state index is 0.122. The summed E-state index contributed by atoms with van der Waals surface area (Å²) in [7, 11) is -3.56. The van der Waals surface area contributed by atoms with Gasteiger partial charge in [-0.1, -0.05) is 20.1 Å². The molecular weight excluding hydrogens is 231 g/mol. The first-order valence-corrected chi connectivity index (χ1v) is 6.50. The van der Waals surface area contributed by atoms with Crippen LogP contribution in [-0.4, -0.2) is 39.0 Å². The molecule has 0 saturated carbocycles. The van der Waals surface area contributed by atoms with E-state index in [1.165, 1.54) is 0 Å². The number of rotatable bonds is 7. The lowest BCUT2D eigenvalue weighted by molar-refractivity contribution is 0.0570. The molecule has 0 fully saturated rings. The van der Waals surface area contributed by atoms with E-state index in [0.29, 0.717) is 12.0 Å². The van der Waals surface area contributed by atoms with Crippen molar-refractivity contribution < 1.29 is 24.5 Å². The summed E-state index contributed by atoms with van der Waals surface area (Å²) in [6.45, 7) is 8.39. The van der Waals surface area contributed by atoms with Crippen LogP contribution in [0, 0.1) is 5.92 Å². The fraction of sp³-hybridized carbons (Fsp3) is 0.500. The second kappa shape index (κ2) is 6.23. The van der Waals surface area contributed by atoms with Crippen LogP contribution in [0.25, 0.3) is 0 Å². The Morgan fingerprint density at radius 3 is 2.25 bits per heavy atom. The standard InChI is InChI=1S/C10H19O5P/c1-7(9(3)11)5-8(2)10(12)6-15-16(4,13)14/h8,10-14H,1,3-6H2,2H3. The topological polar surface area (TPSA) is 90.2 Å². The Morgan fingerprint density at radius 1 is 1.38 bits per heavy atom. The first kappa shape index (κ1) is 15.4. The number of allylic oxidation sites excluding steroid dienone is 1. The molecule has 0 heterocycles. The number of hydrogen-bond acceptors (Lipinski definition) is 5. The van der Waals surface area contributed by atoms with Gasteiger partial charge in [0.2, 0.25) is 7.57 Å². The van der Waals surface area contributed by atoms with Crippen molar-refractivity contribution in [3.8, 4) is 0 Å². The van der Waals surface area contributed by atoms with Gasteiger partial charge in [-0.2, -0.15) is 0 Å². The summed E-state index contributed by atoms with van der Waals surface area (Å²) < 4.78 is 4.60. The zero-order valence-corrected chi connectivity index (χ0v) is 10.2. The molecule has 0 aromatic heterocycles. The minimum atomic E-state index is -3.56. The Bertz CT molecular complexity index is 306. The third-order valence-corrected chi connectivity index (χ3v) is 2.65. The molecule has 0 saturated heterocycles. The summed E-state index contributed by atoms with van der Waals surface area (Å²) in [5.74, 6) is -0.369. The molecule has 0 aromatic rings. The van der Waals surface area contributed by atoms with Crippen molar-refractivity contribution in [1.82, 2.24) is 0 Å². The molecule has 2 atom stereocenters. The maximum Gasteiger partial charge on any atom is 0.245 e. The highest BCUT2D eigenvalue weighted by Gasteiger charge is 2.18. The Kier molecular flexibility index (Phi) is 6.00. The van der Waals surface area contributed by atoms with Gasteiger partial charge >= 0.3 is 0 Å². The molecule has 16 heavy (non-hydrogen) atoms. The summed E-state index contributed by atoms with van der Waals surface area (Å²) in [6.07, 6.45) is 2.46. The molecule has 0 spiro atoms. The van der Waals surface area contributed by atoms with Gasteiger partial charge in [0.25, 0.3) is 0 Å². The van der Waals surface area contributed by atoms with Crippen LogP contribution >= 0.6 is 7.57 Å². The molecule has 0 aliphatic carbocycles. The van der Waals surface area contributed by atoms with E-state index >= 15 is 0 Å². The smallest absolute Gasteiger partial charge is 0.245 e. The zero-order chi connectivity index (χ0) is 12.9. The van der Waals surface area contributed by atoms with Crippen molar-refractivity contribution in [3.05, 3.63) is 24.5 Å². The summed E-state index contributed by atoms with van der Waals surface area (Å²) in [4.78, 5) is 17.7. The molecule has 4 N–H and O–H groups in total. The van der Waals surface area contributed by atoms with Gasteiger partial charge in [-0.15, -0.1) is 0 Å². The molecule has 2 unspecified atom stereocenters. The van der Waals surface area contributed by atoms with E-state index in [4.69, 9.17) is 14.9 Å². The van der Waals surface area contributed by atoms with E-state index in [1.54, 1.807) is 6.92 Å². The molecular formula is C10H19O5P. The first-order valence-electron chi connectivity index (χ1n) is 4.71. The van der Waals surface area contributed by atoms with E-state index < -0.39 is 13.7 Å². The van der Waals surface area contributed by atoms with Crippen LogP contribution < -0.4 is 0 Å². The van der Waals surface area contributed by atoms with Crippen molar-refractivity contribution in [2.75, 3.05) is 6.61 Å². The van der Waals surface area contributed by atoms with Gasteiger partial charge in [0.1, 0.15) is 5.76 Å². The van der Waals surface area contributed by atoms with Crippen LogP contribution in [0.3, 0.4) is 0 Å². The van der Waals surface area contributed by atoms with Crippen LogP contribution in [-0.2, 0) is 4.52 Å². The fourth-order valence-electron chi connectivity index (χ4n) is 1.00. The Balaban J connectivity index is 4.09. The minimum Gasteiger partial charge on any atom is -0.508 e. The predicted molar refractivity (Wildman–Crippen MR) is 65.1 cm³/mol. The molecule has 6 heteroatoms. The third-order valence-electron chi connectivity index (χ3n) is 2.09. The predicted octanol–water partition coefficient (Wildman–Crippen LogP) is 1.20. The van der Waals surface area contributed by atoms with Gasteiger partial charge in [0.05, 0.1) is 12.7 Å². The van der Waals surface area contributed by atoms with E-state index in [9.17, 15) is 5.11 Å². The van der Waals surface area contributed by atoms with Crippen molar-refractivity contribution in [3.63, 3.8) is 0 Å². The molecule has 0 radical (unpaired) electrons. The van der Waals surface area contributed by atoms with Crippen molar-refractivity contribution >= 4 is 13.9 Å². The van der Waals surface area contributed by atoms with E-state index in [-0.39, 0.29) is 18.3 Å². The molecule has 0 bridgehead atoms. The fourth-order valence-corrected chi connectivity index (χ4v) is 1.39. The molecule has 94 valence electrons. The summed E-state index contributed by atoms with van der Waals surface area (Å²) >= 11 is 0. The largest absolute Gasteiger partial charge is 0.508 e. The third kappa shape index (κ3) is 6.82. The molecule has 5 nitrogen and oxygen atoms in total. The zero-order valence-electron chi connectivity index (χ0n) is 9.33. The lowest BCUT2D eigenvalue weighted by Gasteiger charge is -2.21. The van der Waals surface area contributed by atoms with E-state index in [2.05, 4.69) is 24.0 Å². The highest BCUT2D eigenvalue weighted by atomic mass is 31.2. The van der Waals surface area contributed by atoms with E-state index in [0.717, 1.165) is 0 Å². The van der Waals surface area contributed by atoms with Gasteiger partial charge < -0.3 is 24.5 Å². The maximum atomic E-state index is 9.60. The molecule has 0 aliphatic heterocycles. The van der Waals surface area contributed by atoms with Gasteiger partial charge in [0, 0.05) is 0 Å². The lowest BCUT2D eigenvalue weighted by atomic mass is 9.96. The molecule has 0 aromatic carbocycles. The summed E-state index contributed by atoms with van der Waals surface area (Å²) in [5.41, 5.74) is 0.426. The Labute approximate surface area is 95.5 Å². The SMILES string of the molecule is C=C(O)C(=C)CC(C)C(O)COP(=C)(O)O. The van der Waals surface area contributed by atoms with Crippen LogP contribution in [0.4, 0.5) is 0 Å². The van der Waals surface area contributed by atoms with Gasteiger partial charge in [-0.3, -0.25) is 0 Å². The molecule has 0 aliphatic rings. The first-order chi connectivity index (χ1) is 7.13. The van der Waals surface area contributed by atoms with Crippen molar-refractivity contribution in [1.29, 1.82) is 0 Å². The summed E-state index contributed by atoms with van der Waals surface area (Å²) in [5, 5.41) is 18.6. The van der Waals surface area contributed by atoms with Crippen LogP contribution in [0.1, 0.15) is 13.3 Å². The van der Waals surface area contributed by atoms with Crippen molar-refractivity contribution in [2.24, 2.45) is 5.92 Å². The number of aliphatic hydroxyl groups excluding tert-OH is 2. The highest BCUT2D eigenvalue weighted by Crippen LogP contribution is 2.35. The average molecular weight is 250 g/mol. The van der Waals surface area contributed by atoms with Gasteiger partial charge in [0.15, 0.2) is 0 Å². The van der Waals surface area contributed by atoms with Gasteiger partial charge in [-0.25, -0.2) is 0 Å².